The Balaban J connectivity index is 2.00. The number of alkyl carbamates (subject to hydrolysis) is 1. The van der Waals surface area contributed by atoms with Gasteiger partial charge < -0.3 is 19.1 Å². The van der Waals surface area contributed by atoms with Crippen LogP contribution in [0.25, 0.3) is 0 Å². The molecule has 0 aromatic carbocycles. The first-order chi connectivity index (χ1) is 10.7. The summed E-state index contributed by atoms with van der Waals surface area (Å²) >= 11 is 0. The molecule has 8 heteroatoms. The molecule has 2 rings (SSSR count). The number of hydrogen-bond acceptors (Lipinski definition) is 7. The van der Waals surface area contributed by atoms with Crippen LogP contribution >= 0.6 is 0 Å². The van der Waals surface area contributed by atoms with Gasteiger partial charge in [0.25, 0.3) is 0 Å². The standard InChI is InChI=1S/C15H22N4O4/c1-8-11(10(3)22-18-8)7-12-17-13(19-23-12)9(2)16-14(20)21-15(4,5)6/h9H,7H2,1-6H3,(H,16,20). The molecule has 0 aliphatic rings. The Bertz CT molecular complexity index is 664. The van der Waals surface area contributed by atoms with E-state index in [4.69, 9.17) is 13.8 Å². The van der Waals surface area contributed by atoms with Gasteiger partial charge in [0.05, 0.1) is 18.2 Å². The summed E-state index contributed by atoms with van der Waals surface area (Å²) in [6, 6.07) is -0.424. The third-order valence-electron chi connectivity index (χ3n) is 3.11. The highest BCUT2D eigenvalue weighted by atomic mass is 16.6. The van der Waals surface area contributed by atoms with E-state index in [2.05, 4.69) is 20.6 Å². The molecular weight excluding hydrogens is 300 g/mol. The van der Waals surface area contributed by atoms with Gasteiger partial charge in [0, 0.05) is 5.56 Å². The third kappa shape index (κ3) is 4.54. The Labute approximate surface area is 134 Å². The fraction of sp³-hybridized carbons (Fsp3) is 0.600. The molecule has 8 nitrogen and oxygen atoms in total. The van der Waals surface area contributed by atoms with Crippen molar-refractivity contribution in [2.24, 2.45) is 0 Å². The number of rotatable bonds is 4. The van der Waals surface area contributed by atoms with Crippen LogP contribution in [0.1, 0.15) is 62.5 Å². The summed E-state index contributed by atoms with van der Waals surface area (Å²) < 4.78 is 15.5. The fourth-order valence-electron chi connectivity index (χ4n) is 1.97. The second-order valence-electron chi connectivity index (χ2n) is 6.39. The van der Waals surface area contributed by atoms with Gasteiger partial charge in [-0.05, 0) is 41.5 Å². The van der Waals surface area contributed by atoms with E-state index >= 15 is 0 Å². The minimum atomic E-state index is -0.560. The van der Waals surface area contributed by atoms with Crippen molar-refractivity contribution in [1.29, 1.82) is 0 Å². The fourth-order valence-corrected chi connectivity index (χ4v) is 1.97. The number of hydrogen-bond donors (Lipinski definition) is 1. The number of carbonyl (C=O) groups excluding carboxylic acids is 1. The first-order valence-corrected chi connectivity index (χ1v) is 7.39. The van der Waals surface area contributed by atoms with Crippen molar-refractivity contribution in [2.45, 2.75) is 59.6 Å². The minimum absolute atomic E-state index is 0.387. The molecule has 126 valence electrons. The maximum absolute atomic E-state index is 11.8. The predicted octanol–water partition coefficient (Wildman–Crippen LogP) is 2.85. The van der Waals surface area contributed by atoms with Crippen LogP contribution in [-0.2, 0) is 11.2 Å². The molecule has 2 aromatic heterocycles. The van der Waals surface area contributed by atoms with Gasteiger partial charge in [0.1, 0.15) is 11.4 Å². The zero-order valence-electron chi connectivity index (χ0n) is 14.3. The summed E-state index contributed by atoms with van der Waals surface area (Å²) in [4.78, 5) is 16.1. The van der Waals surface area contributed by atoms with Crippen molar-refractivity contribution in [3.8, 4) is 0 Å². The molecule has 0 spiro atoms. The van der Waals surface area contributed by atoms with Crippen molar-refractivity contribution in [2.75, 3.05) is 0 Å². The summed E-state index contributed by atoms with van der Waals surface area (Å²) in [7, 11) is 0. The Morgan fingerprint density at radius 2 is 1.96 bits per heavy atom. The van der Waals surface area contributed by atoms with E-state index in [-0.39, 0.29) is 0 Å². The van der Waals surface area contributed by atoms with Gasteiger partial charge in [-0.2, -0.15) is 4.98 Å². The molecule has 2 aromatic rings. The van der Waals surface area contributed by atoms with Gasteiger partial charge in [0.2, 0.25) is 5.89 Å². The highest BCUT2D eigenvalue weighted by Crippen LogP contribution is 2.18. The Kier molecular flexibility index (Phi) is 4.72. The molecule has 0 aliphatic carbocycles. The van der Waals surface area contributed by atoms with Crippen LogP contribution in [0.2, 0.25) is 0 Å². The Morgan fingerprint density at radius 1 is 1.26 bits per heavy atom. The highest BCUT2D eigenvalue weighted by molar-refractivity contribution is 5.68. The molecule has 0 fully saturated rings. The molecule has 1 atom stereocenters. The van der Waals surface area contributed by atoms with Gasteiger partial charge in [0.15, 0.2) is 5.82 Å². The van der Waals surface area contributed by atoms with Gasteiger partial charge in [-0.25, -0.2) is 4.79 Å². The van der Waals surface area contributed by atoms with Crippen LogP contribution in [0.3, 0.4) is 0 Å². The van der Waals surface area contributed by atoms with Crippen LogP contribution < -0.4 is 5.32 Å². The highest BCUT2D eigenvalue weighted by Gasteiger charge is 2.21. The second-order valence-corrected chi connectivity index (χ2v) is 6.39. The van der Waals surface area contributed by atoms with E-state index in [1.54, 1.807) is 27.7 Å². The molecule has 1 unspecified atom stereocenters. The monoisotopic (exact) mass is 322 g/mol. The zero-order valence-corrected chi connectivity index (χ0v) is 14.3. The van der Waals surface area contributed by atoms with Crippen molar-refractivity contribution < 1.29 is 18.6 Å². The summed E-state index contributed by atoms with van der Waals surface area (Å²) in [6.45, 7) is 10.8. The van der Waals surface area contributed by atoms with Gasteiger partial charge in [-0.15, -0.1) is 0 Å². The van der Waals surface area contributed by atoms with Crippen molar-refractivity contribution in [3.63, 3.8) is 0 Å². The van der Waals surface area contributed by atoms with Crippen LogP contribution in [-0.4, -0.2) is 27.0 Å². The van der Waals surface area contributed by atoms with Crippen molar-refractivity contribution in [1.82, 2.24) is 20.6 Å². The zero-order chi connectivity index (χ0) is 17.2. The molecule has 0 radical (unpaired) electrons. The van der Waals surface area contributed by atoms with E-state index in [0.717, 1.165) is 17.0 Å². The first kappa shape index (κ1) is 17.0. The number of aryl methyl sites for hydroxylation is 2. The molecular formula is C15H22N4O4. The lowest BCUT2D eigenvalue weighted by molar-refractivity contribution is 0.0505. The maximum atomic E-state index is 11.8. The number of carbonyl (C=O) groups is 1. The van der Waals surface area contributed by atoms with Gasteiger partial charge in [-0.1, -0.05) is 10.3 Å². The quantitative estimate of drug-likeness (QED) is 0.923. The van der Waals surface area contributed by atoms with Crippen LogP contribution in [0, 0.1) is 13.8 Å². The van der Waals surface area contributed by atoms with E-state index in [0.29, 0.717) is 18.1 Å². The normalized spacial score (nSPS) is 13.0. The average molecular weight is 322 g/mol. The van der Waals surface area contributed by atoms with Crippen LogP contribution in [0.5, 0.6) is 0 Å². The number of amides is 1. The van der Waals surface area contributed by atoms with Crippen molar-refractivity contribution in [3.05, 3.63) is 28.7 Å². The largest absolute Gasteiger partial charge is 0.444 e. The van der Waals surface area contributed by atoms with E-state index in [1.807, 2.05) is 13.8 Å². The van der Waals surface area contributed by atoms with E-state index in [9.17, 15) is 4.79 Å². The molecule has 23 heavy (non-hydrogen) atoms. The van der Waals surface area contributed by atoms with Gasteiger partial charge >= 0.3 is 6.09 Å². The number of aromatic nitrogens is 3. The molecule has 2 heterocycles. The predicted molar refractivity (Wildman–Crippen MR) is 80.9 cm³/mol. The van der Waals surface area contributed by atoms with E-state index < -0.39 is 17.7 Å². The molecule has 0 saturated heterocycles. The average Bonchev–Trinajstić information content (AvgIpc) is 2.99. The number of ether oxygens (including phenoxy) is 1. The SMILES string of the molecule is Cc1noc(C)c1Cc1nc(C(C)NC(=O)OC(C)(C)C)no1. The summed E-state index contributed by atoms with van der Waals surface area (Å²) in [5, 5.41) is 10.5. The minimum Gasteiger partial charge on any atom is -0.444 e. The molecule has 1 N–H and O–H groups in total. The lowest BCUT2D eigenvalue weighted by atomic mass is 10.1. The number of nitrogens with zero attached hydrogens (tertiary/aromatic N) is 3. The second kappa shape index (κ2) is 6.39. The Morgan fingerprint density at radius 3 is 2.52 bits per heavy atom. The Hall–Kier alpha value is -2.38. The summed E-state index contributed by atoms with van der Waals surface area (Å²) in [5.41, 5.74) is 1.16. The lowest BCUT2D eigenvalue weighted by Gasteiger charge is -2.20. The molecule has 1 amide bonds. The van der Waals surface area contributed by atoms with Crippen molar-refractivity contribution >= 4 is 6.09 Å². The molecule has 0 bridgehead atoms. The summed E-state index contributed by atoms with van der Waals surface area (Å²) in [6.07, 6.45) is -0.0880. The molecule has 0 aliphatic heterocycles. The third-order valence-corrected chi connectivity index (χ3v) is 3.11. The number of nitrogens with one attached hydrogen (secondary N) is 1. The molecule has 0 saturated carbocycles. The van der Waals surface area contributed by atoms with E-state index in [1.165, 1.54) is 0 Å². The van der Waals surface area contributed by atoms with Gasteiger partial charge in [-0.3, -0.25) is 0 Å². The topological polar surface area (TPSA) is 103 Å². The summed E-state index contributed by atoms with van der Waals surface area (Å²) in [5.74, 6) is 1.55. The van der Waals surface area contributed by atoms with Crippen LogP contribution in [0.4, 0.5) is 4.79 Å². The maximum Gasteiger partial charge on any atom is 0.408 e. The smallest absolute Gasteiger partial charge is 0.408 e. The lowest BCUT2D eigenvalue weighted by Crippen LogP contribution is -2.34. The first-order valence-electron chi connectivity index (χ1n) is 7.39. The van der Waals surface area contributed by atoms with Crippen LogP contribution in [0.15, 0.2) is 9.05 Å².